The van der Waals surface area contributed by atoms with Crippen molar-refractivity contribution in [1.29, 1.82) is 0 Å². The molecule has 0 aliphatic rings. The SMILES string of the molecule is CCCOCCOCc1nc(Cl)ccc1Cl. The summed E-state index contributed by atoms with van der Waals surface area (Å²) >= 11 is 11.7. The van der Waals surface area contributed by atoms with E-state index in [2.05, 4.69) is 11.9 Å². The number of hydrogen-bond acceptors (Lipinski definition) is 3. The Labute approximate surface area is 106 Å². The molecule has 0 aliphatic heterocycles. The van der Waals surface area contributed by atoms with Crippen LogP contribution in [0, 0.1) is 0 Å². The number of aromatic nitrogens is 1. The first kappa shape index (κ1) is 13.7. The quantitative estimate of drug-likeness (QED) is 0.559. The molecule has 5 heteroatoms. The van der Waals surface area contributed by atoms with Crippen LogP contribution in [0.2, 0.25) is 10.2 Å². The van der Waals surface area contributed by atoms with Crippen LogP contribution in [0.3, 0.4) is 0 Å². The van der Waals surface area contributed by atoms with Crippen molar-refractivity contribution >= 4 is 23.2 Å². The average molecular weight is 264 g/mol. The highest BCUT2D eigenvalue weighted by molar-refractivity contribution is 6.32. The first-order chi connectivity index (χ1) is 7.74. The molecule has 0 aliphatic carbocycles. The Kier molecular flexibility index (Phi) is 6.73. The topological polar surface area (TPSA) is 31.4 Å². The molecule has 0 saturated carbocycles. The van der Waals surface area contributed by atoms with Crippen LogP contribution < -0.4 is 0 Å². The van der Waals surface area contributed by atoms with Crippen LogP contribution in [0.1, 0.15) is 19.0 Å². The molecule has 0 amide bonds. The van der Waals surface area contributed by atoms with Gasteiger partial charge in [-0.2, -0.15) is 0 Å². The van der Waals surface area contributed by atoms with Gasteiger partial charge < -0.3 is 9.47 Å². The van der Waals surface area contributed by atoms with E-state index in [-0.39, 0.29) is 0 Å². The zero-order valence-corrected chi connectivity index (χ0v) is 10.7. The molecule has 0 unspecified atom stereocenters. The zero-order chi connectivity index (χ0) is 11.8. The Morgan fingerprint density at radius 1 is 1.12 bits per heavy atom. The molecule has 1 rings (SSSR count). The molecule has 0 fully saturated rings. The van der Waals surface area contributed by atoms with Gasteiger partial charge in [0, 0.05) is 6.61 Å². The van der Waals surface area contributed by atoms with Gasteiger partial charge in [-0.05, 0) is 18.6 Å². The number of hydrogen-bond donors (Lipinski definition) is 0. The smallest absolute Gasteiger partial charge is 0.129 e. The minimum absolute atomic E-state index is 0.356. The van der Waals surface area contributed by atoms with Gasteiger partial charge >= 0.3 is 0 Å². The summed E-state index contributed by atoms with van der Waals surface area (Å²) in [5, 5.41) is 0.990. The highest BCUT2D eigenvalue weighted by Crippen LogP contribution is 2.17. The minimum atomic E-state index is 0.356. The second-order valence-corrected chi connectivity index (χ2v) is 4.02. The fourth-order valence-electron chi connectivity index (χ4n) is 1.09. The van der Waals surface area contributed by atoms with Crippen molar-refractivity contribution in [3.8, 4) is 0 Å². The maximum absolute atomic E-state index is 5.93. The summed E-state index contributed by atoms with van der Waals surface area (Å²) < 4.78 is 10.6. The number of nitrogens with zero attached hydrogens (tertiary/aromatic N) is 1. The summed E-state index contributed by atoms with van der Waals surface area (Å²) in [6.45, 7) is 4.31. The third-order valence-electron chi connectivity index (χ3n) is 1.84. The number of ether oxygens (including phenoxy) is 2. The van der Waals surface area contributed by atoms with Crippen molar-refractivity contribution in [3.63, 3.8) is 0 Å². The Morgan fingerprint density at radius 3 is 2.62 bits per heavy atom. The van der Waals surface area contributed by atoms with Crippen LogP contribution in [-0.4, -0.2) is 24.8 Å². The average Bonchev–Trinajstić information content (AvgIpc) is 2.28. The second-order valence-electron chi connectivity index (χ2n) is 3.23. The summed E-state index contributed by atoms with van der Waals surface area (Å²) in [5.74, 6) is 0. The van der Waals surface area contributed by atoms with Crippen LogP contribution in [0.4, 0.5) is 0 Å². The van der Waals surface area contributed by atoms with Crippen molar-refractivity contribution in [2.45, 2.75) is 20.0 Å². The number of halogens is 2. The second kappa shape index (κ2) is 7.85. The molecule has 90 valence electrons. The van der Waals surface area contributed by atoms with Crippen LogP contribution in [0.25, 0.3) is 0 Å². The van der Waals surface area contributed by atoms with Crippen molar-refractivity contribution in [3.05, 3.63) is 28.0 Å². The van der Waals surface area contributed by atoms with Gasteiger partial charge in [0.25, 0.3) is 0 Å². The number of pyridine rings is 1. The summed E-state index contributed by atoms with van der Waals surface area (Å²) in [6.07, 6.45) is 1.02. The van der Waals surface area contributed by atoms with Gasteiger partial charge in [0.05, 0.1) is 30.5 Å². The standard InChI is InChI=1S/C11H15Cl2NO2/c1-2-5-15-6-7-16-8-10-9(12)3-4-11(13)14-10/h3-4H,2,5-8H2,1H3. The van der Waals surface area contributed by atoms with Crippen molar-refractivity contribution in [2.24, 2.45) is 0 Å². The lowest BCUT2D eigenvalue weighted by atomic mass is 10.4. The van der Waals surface area contributed by atoms with Crippen LogP contribution in [-0.2, 0) is 16.1 Å². The maximum Gasteiger partial charge on any atom is 0.129 e. The molecule has 3 nitrogen and oxygen atoms in total. The molecule has 1 heterocycles. The third kappa shape index (κ3) is 5.12. The third-order valence-corrected chi connectivity index (χ3v) is 2.40. The van der Waals surface area contributed by atoms with Gasteiger partial charge in [0.2, 0.25) is 0 Å². The van der Waals surface area contributed by atoms with Crippen molar-refractivity contribution in [1.82, 2.24) is 4.98 Å². The van der Waals surface area contributed by atoms with E-state index >= 15 is 0 Å². The molecule has 0 atom stereocenters. The largest absolute Gasteiger partial charge is 0.379 e. The summed E-state index contributed by atoms with van der Waals surface area (Å²) in [7, 11) is 0. The molecule has 0 bridgehead atoms. The highest BCUT2D eigenvalue weighted by Gasteiger charge is 2.02. The highest BCUT2D eigenvalue weighted by atomic mass is 35.5. The van der Waals surface area contributed by atoms with E-state index in [1.165, 1.54) is 0 Å². The molecule has 0 radical (unpaired) electrons. The Morgan fingerprint density at radius 2 is 1.88 bits per heavy atom. The predicted octanol–water partition coefficient (Wildman–Crippen LogP) is 3.33. The lowest BCUT2D eigenvalue weighted by Gasteiger charge is -2.06. The van der Waals surface area contributed by atoms with Crippen molar-refractivity contribution in [2.75, 3.05) is 19.8 Å². The molecule has 0 N–H and O–H groups in total. The molecule has 0 aromatic carbocycles. The maximum atomic E-state index is 5.93. The zero-order valence-electron chi connectivity index (χ0n) is 9.21. The summed E-state index contributed by atoms with van der Waals surface area (Å²) in [4.78, 5) is 4.07. The summed E-state index contributed by atoms with van der Waals surface area (Å²) in [5.41, 5.74) is 0.657. The van der Waals surface area contributed by atoms with Gasteiger partial charge in [-0.3, -0.25) is 0 Å². The van der Waals surface area contributed by atoms with E-state index in [9.17, 15) is 0 Å². The molecule has 1 aromatic rings. The van der Waals surface area contributed by atoms with E-state index in [1.807, 2.05) is 0 Å². The molecular weight excluding hydrogens is 249 g/mol. The minimum Gasteiger partial charge on any atom is -0.379 e. The first-order valence-corrected chi connectivity index (χ1v) is 5.96. The van der Waals surface area contributed by atoms with Gasteiger partial charge in [0.1, 0.15) is 5.15 Å². The number of rotatable bonds is 7. The van der Waals surface area contributed by atoms with Crippen molar-refractivity contribution < 1.29 is 9.47 Å². The Hall–Kier alpha value is -0.350. The predicted molar refractivity (Wildman–Crippen MR) is 65.0 cm³/mol. The monoisotopic (exact) mass is 263 g/mol. The van der Waals surface area contributed by atoms with Crippen LogP contribution >= 0.6 is 23.2 Å². The fraction of sp³-hybridized carbons (Fsp3) is 0.545. The van der Waals surface area contributed by atoms with E-state index in [0.29, 0.717) is 35.7 Å². The molecule has 1 aromatic heterocycles. The lowest BCUT2D eigenvalue weighted by Crippen LogP contribution is -2.06. The molecule has 0 spiro atoms. The van der Waals surface area contributed by atoms with Gasteiger partial charge in [0.15, 0.2) is 0 Å². The van der Waals surface area contributed by atoms with E-state index < -0.39 is 0 Å². The van der Waals surface area contributed by atoms with E-state index in [1.54, 1.807) is 12.1 Å². The normalized spacial score (nSPS) is 10.7. The lowest BCUT2D eigenvalue weighted by molar-refractivity contribution is 0.0398. The van der Waals surface area contributed by atoms with Crippen LogP contribution in [0.5, 0.6) is 0 Å². The van der Waals surface area contributed by atoms with Gasteiger partial charge in [-0.1, -0.05) is 30.1 Å². The molecule has 16 heavy (non-hydrogen) atoms. The Balaban J connectivity index is 2.23. The van der Waals surface area contributed by atoms with Gasteiger partial charge in [-0.15, -0.1) is 0 Å². The van der Waals surface area contributed by atoms with Gasteiger partial charge in [-0.25, -0.2) is 4.98 Å². The first-order valence-electron chi connectivity index (χ1n) is 5.20. The Bertz CT molecular complexity index is 321. The molecular formula is C11H15Cl2NO2. The van der Waals surface area contributed by atoms with Crippen LogP contribution in [0.15, 0.2) is 12.1 Å². The summed E-state index contributed by atoms with van der Waals surface area (Å²) in [6, 6.07) is 3.36. The fourth-order valence-corrected chi connectivity index (χ4v) is 1.42. The van der Waals surface area contributed by atoms with E-state index in [0.717, 1.165) is 13.0 Å². The molecule has 0 saturated heterocycles. The van der Waals surface area contributed by atoms with E-state index in [4.69, 9.17) is 32.7 Å².